The average Bonchev–Trinajstić information content (AvgIpc) is 3.12. The molecule has 0 aliphatic heterocycles. The van der Waals surface area contributed by atoms with E-state index in [4.69, 9.17) is 0 Å². The normalized spacial score (nSPS) is 12.9. The van der Waals surface area contributed by atoms with Gasteiger partial charge in [0.05, 0.1) is 21.3 Å². The Morgan fingerprint density at radius 1 is 1.19 bits per heavy atom. The Balaban J connectivity index is 1.76. The maximum atomic E-state index is 13.3. The number of benzene rings is 2. The predicted molar refractivity (Wildman–Crippen MR) is 116 cm³/mol. The maximum Gasteiger partial charge on any atom is 0.416 e. The summed E-state index contributed by atoms with van der Waals surface area (Å²) in [4.78, 5) is 26.2. The van der Waals surface area contributed by atoms with Gasteiger partial charge in [0, 0.05) is 15.8 Å². The fourth-order valence-corrected chi connectivity index (χ4v) is 4.69. The number of hydrogen-bond acceptors (Lipinski definition) is 4. The second-order valence-corrected chi connectivity index (χ2v) is 8.18. The second kappa shape index (κ2) is 7.81. The third kappa shape index (κ3) is 3.81. The molecule has 5 nitrogen and oxygen atoms in total. The molecule has 4 aromatic rings. The molecule has 0 radical (unpaired) electrons. The molecule has 2 heterocycles. The summed E-state index contributed by atoms with van der Waals surface area (Å²) in [6.07, 6.45) is -4.28. The standard InChI is InChI=1S/C22H18F3N3O2S/c1-3-16(20(29)26-14-8-6-7-13(11-14)22(23,24)25)28-21(30)18-15-9-4-5-10-17(15)31-19(18)12(2)27-28/h4-11,16H,3H2,1-2H3,(H,26,29). The molecule has 0 aliphatic rings. The minimum Gasteiger partial charge on any atom is -0.324 e. The first-order valence-electron chi connectivity index (χ1n) is 9.59. The van der Waals surface area contributed by atoms with Crippen LogP contribution in [0.25, 0.3) is 20.2 Å². The first kappa shape index (κ1) is 21.0. The lowest BCUT2D eigenvalue weighted by Gasteiger charge is -2.18. The lowest BCUT2D eigenvalue weighted by molar-refractivity contribution is -0.137. The molecule has 0 fully saturated rings. The Kier molecular flexibility index (Phi) is 5.30. The summed E-state index contributed by atoms with van der Waals surface area (Å²) in [6, 6.07) is 10.9. The summed E-state index contributed by atoms with van der Waals surface area (Å²) in [5, 5.41) is 8.14. The molecular formula is C22H18F3N3O2S. The monoisotopic (exact) mass is 445 g/mol. The highest BCUT2D eigenvalue weighted by atomic mass is 32.1. The van der Waals surface area contributed by atoms with Crippen molar-refractivity contribution in [3.8, 4) is 0 Å². The molecule has 2 aromatic heterocycles. The van der Waals surface area contributed by atoms with Gasteiger partial charge in [0.2, 0.25) is 5.91 Å². The fraction of sp³-hybridized carbons (Fsp3) is 0.227. The number of nitrogens with one attached hydrogen (secondary N) is 1. The van der Waals surface area contributed by atoms with Crippen molar-refractivity contribution in [3.63, 3.8) is 0 Å². The van der Waals surface area contributed by atoms with Gasteiger partial charge in [0.25, 0.3) is 5.56 Å². The molecule has 4 rings (SSSR count). The van der Waals surface area contributed by atoms with Crippen molar-refractivity contribution in [1.82, 2.24) is 9.78 Å². The highest BCUT2D eigenvalue weighted by Gasteiger charge is 2.31. The number of nitrogens with zero attached hydrogens (tertiary/aromatic N) is 2. The summed E-state index contributed by atoms with van der Waals surface area (Å²) in [5.74, 6) is -0.602. The molecule has 0 saturated carbocycles. The van der Waals surface area contributed by atoms with Crippen molar-refractivity contribution in [2.75, 3.05) is 5.32 Å². The number of halogens is 3. The van der Waals surface area contributed by atoms with Gasteiger partial charge in [-0.1, -0.05) is 31.2 Å². The number of alkyl halides is 3. The first-order chi connectivity index (χ1) is 14.7. The zero-order valence-corrected chi connectivity index (χ0v) is 17.5. The van der Waals surface area contributed by atoms with Gasteiger partial charge < -0.3 is 5.32 Å². The van der Waals surface area contributed by atoms with Crippen molar-refractivity contribution in [2.45, 2.75) is 32.5 Å². The van der Waals surface area contributed by atoms with Crippen LogP contribution in [0.15, 0.2) is 53.3 Å². The van der Waals surface area contributed by atoms with Gasteiger partial charge in [0.1, 0.15) is 6.04 Å². The second-order valence-electron chi connectivity index (χ2n) is 7.13. The van der Waals surface area contributed by atoms with Crippen LogP contribution in [0, 0.1) is 6.92 Å². The van der Waals surface area contributed by atoms with E-state index in [1.54, 1.807) is 13.8 Å². The van der Waals surface area contributed by atoms with Crippen LogP contribution in [-0.4, -0.2) is 15.7 Å². The van der Waals surface area contributed by atoms with E-state index in [2.05, 4.69) is 10.4 Å². The van der Waals surface area contributed by atoms with Crippen LogP contribution >= 0.6 is 11.3 Å². The number of thiophene rings is 1. The summed E-state index contributed by atoms with van der Waals surface area (Å²) in [6.45, 7) is 3.49. The molecule has 0 spiro atoms. The van der Waals surface area contributed by atoms with Crippen LogP contribution in [0.2, 0.25) is 0 Å². The molecular weight excluding hydrogens is 427 g/mol. The Morgan fingerprint density at radius 3 is 2.65 bits per heavy atom. The summed E-state index contributed by atoms with van der Waals surface area (Å²) in [7, 11) is 0. The van der Waals surface area contributed by atoms with Crippen LogP contribution in [0.1, 0.15) is 30.6 Å². The number of aromatic nitrogens is 2. The number of amides is 1. The third-order valence-electron chi connectivity index (χ3n) is 5.05. The summed E-state index contributed by atoms with van der Waals surface area (Å²) < 4.78 is 41.8. The quantitative estimate of drug-likeness (QED) is 0.449. The van der Waals surface area contributed by atoms with E-state index >= 15 is 0 Å². The van der Waals surface area contributed by atoms with Crippen LogP contribution in [0.5, 0.6) is 0 Å². The van der Waals surface area contributed by atoms with Crippen LogP contribution in [0.3, 0.4) is 0 Å². The van der Waals surface area contributed by atoms with E-state index in [9.17, 15) is 22.8 Å². The third-order valence-corrected chi connectivity index (χ3v) is 6.33. The van der Waals surface area contributed by atoms with Crippen molar-refractivity contribution < 1.29 is 18.0 Å². The Hall–Kier alpha value is -3.20. The Morgan fingerprint density at radius 2 is 1.94 bits per heavy atom. The SMILES string of the molecule is CCC(C(=O)Nc1cccc(C(F)(F)F)c1)n1nc(C)c2sc3ccccc3c2c1=O. The molecule has 2 aromatic carbocycles. The number of fused-ring (bicyclic) bond motifs is 3. The molecule has 1 amide bonds. The van der Waals surface area contributed by atoms with Gasteiger partial charge in [-0.05, 0) is 37.6 Å². The lowest BCUT2D eigenvalue weighted by atomic mass is 10.1. The van der Waals surface area contributed by atoms with E-state index in [0.29, 0.717) is 11.1 Å². The smallest absolute Gasteiger partial charge is 0.324 e. The zero-order valence-electron chi connectivity index (χ0n) is 16.7. The van der Waals surface area contributed by atoms with Gasteiger partial charge in [-0.2, -0.15) is 18.3 Å². The predicted octanol–water partition coefficient (Wildman–Crippen LogP) is 5.53. The summed E-state index contributed by atoms with van der Waals surface area (Å²) >= 11 is 1.46. The van der Waals surface area contributed by atoms with Crippen LogP contribution in [-0.2, 0) is 11.0 Å². The van der Waals surface area contributed by atoms with Crippen molar-refractivity contribution in [1.29, 1.82) is 0 Å². The molecule has 1 N–H and O–H groups in total. The maximum absolute atomic E-state index is 13.3. The highest BCUT2D eigenvalue weighted by molar-refractivity contribution is 7.26. The van der Waals surface area contributed by atoms with E-state index in [0.717, 1.165) is 31.6 Å². The molecule has 0 bridgehead atoms. The number of carbonyl (C=O) groups excluding carboxylic acids is 1. The average molecular weight is 445 g/mol. The highest BCUT2D eigenvalue weighted by Crippen LogP contribution is 2.33. The van der Waals surface area contributed by atoms with Gasteiger partial charge in [-0.3, -0.25) is 9.59 Å². The molecule has 9 heteroatoms. The van der Waals surface area contributed by atoms with Crippen molar-refractivity contribution in [3.05, 3.63) is 70.1 Å². The number of aryl methyl sites for hydroxylation is 1. The topological polar surface area (TPSA) is 64.0 Å². The van der Waals surface area contributed by atoms with E-state index < -0.39 is 29.2 Å². The lowest BCUT2D eigenvalue weighted by Crippen LogP contribution is -2.35. The van der Waals surface area contributed by atoms with Crippen LogP contribution in [0.4, 0.5) is 18.9 Å². The summed E-state index contributed by atoms with van der Waals surface area (Å²) in [5.41, 5.74) is -0.647. The number of carbonyl (C=O) groups is 1. The van der Waals surface area contributed by atoms with Gasteiger partial charge in [0.15, 0.2) is 0 Å². The number of hydrogen-bond donors (Lipinski definition) is 1. The Labute approximate surface area is 179 Å². The Bertz CT molecular complexity index is 1360. The van der Waals surface area contributed by atoms with Crippen LogP contribution < -0.4 is 10.9 Å². The molecule has 0 saturated heterocycles. The molecule has 1 atom stereocenters. The fourth-order valence-electron chi connectivity index (χ4n) is 3.56. The number of rotatable bonds is 4. The largest absolute Gasteiger partial charge is 0.416 e. The van der Waals surface area contributed by atoms with Gasteiger partial charge in [-0.15, -0.1) is 11.3 Å². The van der Waals surface area contributed by atoms with Crippen molar-refractivity contribution >= 4 is 43.1 Å². The van der Waals surface area contributed by atoms with E-state index in [-0.39, 0.29) is 12.1 Å². The molecule has 0 aliphatic carbocycles. The van der Waals surface area contributed by atoms with Gasteiger partial charge >= 0.3 is 6.18 Å². The van der Waals surface area contributed by atoms with E-state index in [1.807, 2.05) is 24.3 Å². The molecule has 31 heavy (non-hydrogen) atoms. The molecule has 160 valence electrons. The molecule has 1 unspecified atom stereocenters. The minimum absolute atomic E-state index is 0.00473. The zero-order chi connectivity index (χ0) is 22.3. The van der Waals surface area contributed by atoms with Gasteiger partial charge in [-0.25, -0.2) is 4.68 Å². The van der Waals surface area contributed by atoms with E-state index in [1.165, 1.54) is 23.5 Å². The number of anilines is 1. The minimum atomic E-state index is -4.52. The van der Waals surface area contributed by atoms with Crippen molar-refractivity contribution in [2.24, 2.45) is 0 Å². The first-order valence-corrected chi connectivity index (χ1v) is 10.4.